The Balaban J connectivity index is 1.36. The maximum atomic E-state index is 6.03. The summed E-state index contributed by atoms with van der Waals surface area (Å²) in [5, 5.41) is 5.06. The van der Waals surface area contributed by atoms with Gasteiger partial charge in [-0.2, -0.15) is 0 Å². The van der Waals surface area contributed by atoms with E-state index in [4.69, 9.17) is 17.3 Å². The van der Waals surface area contributed by atoms with Gasteiger partial charge in [-0.15, -0.1) is 0 Å². The van der Waals surface area contributed by atoms with Crippen molar-refractivity contribution in [1.29, 1.82) is 0 Å². The molecular formula is C22H19ClN6. The van der Waals surface area contributed by atoms with Crippen LogP contribution in [0.2, 0.25) is 5.02 Å². The predicted octanol–water partition coefficient (Wildman–Crippen LogP) is 4.76. The Morgan fingerprint density at radius 1 is 1.07 bits per heavy atom. The van der Waals surface area contributed by atoms with E-state index in [0.717, 1.165) is 45.0 Å². The van der Waals surface area contributed by atoms with Crippen molar-refractivity contribution in [2.75, 3.05) is 11.1 Å². The van der Waals surface area contributed by atoms with Crippen LogP contribution in [0.5, 0.6) is 0 Å². The number of rotatable bonds is 4. The maximum Gasteiger partial charge on any atom is 0.203 e. The van der Waals surface area contributed by atoms with Crippen LogP contribution < -0.4 is 11.1 Å². The molecule has 3 N–H and O–H groups in total. The molecule has 0 unspecified atom stereocenters. The zero-order valence-electron chi connectivity index (χ0n) is 15.8. The van der Waals surface area contributed by atoms with Crippen LogP contribution in [0.15, 0.2) is 67.0 Å². The van der Waals surface area contributed by atoms with E-state index >= 15 is 0 Å². The molecule has 3 aromatic heterocycles. The SMILES string of the molecule is Cn1c(NCc2ccc(-n3ccc4cc(Cl)cnc43)cc2)nc2ccc(N)cc21. The van der Waals surface area contributed by atoms with E-state index in [1.165, 1.54) is 0 Å². The Hall–Kier alpha value is -3.51. The second-order valence-electron chi connectivity index (χ2n) is 7.01. The largest absolute Gasteiger partial charge is 0.399 e. The number of pyridine rings is 1. The van der Waals surface area contributed by atoms with Gasteiger partial charge in [0.05, 0.1) is 16.1 Å². The molecule has 0 saturated heterocycles. The topological polar surface area (TPSA) is 73.7 Å². The molecule has 0 spiro atoms. The average Bonchev–Trinajstić information content (AvgIpc) is 3.28. The highest BCUT2D eigenvalue weighted by Gasteiger charge is 2.08. The van der Waals surface area contributed by atoms with Gasteiger partial charge in [0, 0.05) is 42.7 Å². The predicted molar refractivity (Wildman–Crippen MR) is 119 cm³/mol. The van der Waals surface area contributed by atoms with E-state index in [1.807, 2.05) is 48.1 Å². The molecule has 0 radical (unpaired) electrons. The van der Waals surface area contributed by atoms with E-state index in [0.29, 0.717) is 11.6 Å². The lowest BCUT2D eigenvalue weighted by Gasteiger charge is -2.09. The molecule has 2 aromatic carbocycles. The van der Waals surface area contributed by atoms with Crippen LogP contribution >= 0.6 is 11.6 Å². The number of anilines is 2. The Labute approximate surface area is 172 Å². The van der Waals surface area contributed by atoms with E-state index in [9.17, 15) is 0 Å². The van der Waals surface area contributed by atoms with Crippen LogP contribution in [-0.2, 0) is 13.6 Å². The normalized spacial score (nSPS) is 11.4. The van der Waals surface area contributed by atoms with Gasteiger partial charge in [0.25, 0.3) is 0 Å². The van der Waals surface area contributed by atoms with Gasteiger partial charge >= 0.3 is 0 Å². The first-order valence-electron chi connectivity index (χ1n) is 9.26. The molecule has 0 fully saturated rings. The first-order chi connectivity index (χ1) is 14.1. The molecule has 0 aliphatic carbocycles. The zero-order chi connectivity index (χ0) is 20.0. The zero-order valence-corrected chi connectivity index (χ0v) is 16.6. The molecule has 0 aliphatic heterocycles. The first-order valence-corrected chi connectivity index (χ1v) is 9.64. The number of nitrogens with two attached hydrogens (primary N) is 1. The first kappa shape index (κ1) is 17.6. The van der Waals surface area contributed by atoms with E-state index < -0.39 is 0 Å². The Bertz CT molecular complexity index is 1330. The average molecular weight is 403 g/mol. The van der Waals surface area contributed by atoms with Gasteiger partial charge < -0.3 is 20.2 Å². The standard InChI is InChI=1S/C22H19ClN6/c1-28-20-11-17(24)4-7-19(20)27-22(28)26-12-14-2-5-18(6-3-14)29-9-8-15-10-16(23)13-25-21(15)29/h2-11,13H,12,24H2,1H3,(H,26,27). The lowest BCUT2D eigenvalue weighted by molar-refractivity contribution is 0.927. The summed E-state index contributed by atoms with van der Waals surface area (Å²) < 4.78 is 4.07. The molecule has 0 saturated carbocycles. The fourth-order valence-electron chi connectivity index (χ4n) is 3.53. The van der Waals surface area contributed by atoms with Crippen molar-refractivity contribution in [3.05, 3.63) is 77.6 Å². The van der Waals surface area contributed by atoms with Crippen molar-refractivity contribution in [3.8, 4) is 5.69 Å². The fourth-order valence-corrected chi connectivity index (χ4v) is 3.69. The smallest absolute Gasteiger partial charge is 0.203 e. The van der Waals surface area contributed by atoms with Gasteiger partial charge in [0.1, 0.15) is 5.65 Å². The van der Waals surface area contributed by atoms with Crippen molar-refractivity contribution in [1.82, 2.24) is 19.1 Å². The number of imidazole rings is 1. The fraction of sp³-hybridized carbons (Fsp3) is 0.0909. The summed E-state index contributed by atoms with van der Waals surface area (Å²) in [5.74, 6) is 0.812. The summed E-state index contributed by atoms with van der Waals surface area (Å²) in [6.45, 7) is 0.674. The van der Waals surface area contributed by atoms with Gasteiger partial charge in [-0.3, -0.25) is 0 Å². The number of benzene rings is 2. The minimum atomic E-state index is 0.640. The highest BCUT2D eigenvalue weighted by Crippen LogP contribution is 2.23. The summed E-state index contributed by atoms with van der Waals surface area (Å²) >= 11 is 6.03. The molecule has 5 rings (SSSR count). The minimum Gasteiger partial charge on any atom is -0.399 e. The number of aryl methyl sites for hydroxylation is 1. The highest BCUT2D eigenvalue weighted by molar-refractivity contribution is 6.31. The number of aromatic nitrogens is 4. The van der Waals surface area contributed by atoms with Crippen molar-refractivity contribution < 1.29 is 0 Å². The molecule has 144 valence electrons. The summed E-state index contributed by atoms with van der Waals surface area (Å²) in [6, 6.07) is 18.1. The van der Waals surface area contributed by atoms with Crippen molar-refractivity contribution in [2.24, 2.45) is 7.05 Å². The third-order valence-corrected chi connectivity index (χ3v) is 5.27. The quantitative estimate of drug-likeness (QED) is 0.425. The number of nitrogens with one attached hydrogen (secondary N) is 1. The molecule has 0 amide bonds. The number of nitrogen functional groups attached to an aromatic ring is 1. The summed E-state index contributed by atoms with van der Waals surface area (Å²) in [4.78, 5) is 9.09. The van der Waals surface area contributed by atoms with E-state index in [2.05, 4.69) is 44.1 Å². The monoisotopic (exact) mass is 402 g/mol. The van der Waals surface area contributed by atoms with Crippen LogP contribution in [0.25, 0.3) is 27.8 Å². The second kappa shape index (κ2) is 6.83. The number of fused-ring (bicyclic) bond motifs is 2. The van der Waals surface area contributed by atoms with Crippen molar-refractivity contribution >= 4 is 45.3 Å². The number of hydrogen-bond donors (Lipinski definition) is 2. The van der Waals surface area contributed by atoms with Gasteiger partial charge in [0.2, 0.25) is 5.95 Å². The molecule has 0 aliphatic rings. The van der Waals surface area contributed by atoms with Gasteiger partial charge in [0.15, 0.2) is 0 Å². The summed E-state index contributed by atoms with van der Waals surface area (Å²) in [5.41, 5.74) is 11.7. The molecule has 6 nitrogen and oxygen atoms in total. The van der Waals surface area contributed by atoms with Crippen LogP contribution in [0, 0.1) is 0 Å². The molecule has 5 aromatic rings. The molecule has 0 bridgehead atoms. The summed E-state index contributed by atoms with van der Waals surface area (Å²) in [6.07, 6.45) is 3.68. The molecular weight excluding hydrogens is 384 g/mol. The van der Waals surface area contributed by atoms with Gasteiger partial charge in [-0.05, 0) is 48.0 Å². The lowest BCUT2D eigenvalue weighted by Crippen LogP contribution is -2.05. The highest BCUT2D eigenvalue weighted by atomic mass is 35.5. The van der Waals surface area contributed by atoms with Crippen LogP contribution in [0.3, 0.4) is 0 Å². The van der Waals surface area contributed by atoms with E-state index in [-0.39, 0.29) is 0 Å². The van der Waals surface area contributed by atoms with Crippen molar-refractivity contribution in [3.63, 3.8) is 0 Å². The molecule has 7 heteroatoms. The molecule has 29 heavy (non-hydrogen) atoms. The third-order valence-electron chi connectivity index (χ3n) is 5.06. The van der Waals surface area contributed by atoms with E-state index in [1.54, 1.807) is 6.20 Å². The Morgan fingerprint density at radius 2 is 1.90 bits per heavy atom. The van der Waals surface area contributed by atoms with Crippen LogP contribution in [0.4, 0.5) is 11.6 Å². The number of nitrogens with zero attached hydrogens (tertiary/aromatic N) is 4. The summed E-state index contributed by atoms with van der Waals surface area (Å²) in [7, 11) is 1.98. The van der Waals surface area contributed by atoms with Crippen molar-refractivity contribution in [2.45, 2.75) is 6.54 Å². The number of hydrogen-bond acceptors (Lipinski definition) is 4. The van der Waals surface area contributed by atoms with Gasteiger partial charge in [-0.25, -0.2) is 9.97 Å². The Kier molecular flexibility index (Phi) is 4.14. The van der Waals surface area contributed by atoms with Gasteiger partial charge in [-0.1, -0.05) is 23.7 Å². The molecule has 3 heterocycles. The van der Waals surface area contributed by atoms with Crippen LogP contribution in [0.1, 0.15) is 5.56 Å². The number of halogens is 1. The maximum absolute atomic E-state index is 6.03. The third kappa shape index (κ3) is 3.17. The second-order valence-corrected chi connectivity index (χ2v) is 7.45. The minimum absolute atomic E-state index is 0.640. The molecule has 0 atom stereocenters. The van der Waals surface area contributed by atoms with Crippen LogP contribution in [-0.4, -0.2) is 19.1 Å². The lowest BCUT2D eigenvalue weighted by atomic mass is 10.2. The Morgan fingerprint density at radius 3 is 2.72 bits per heavy atom.